The van der Waals surface area contributed by atoms with Crippen molar-refractivity contribution in [3.8, 4) is 0 Å². The van der Waals surface area contributed by atoms with E-state index in [0.717, 1.165) is 37.3 Å². The number of aryl methyl sites for hydroxylation is 2. The van der Waals surface area contributed by atoms with Crippen LogP contribution in [0.2, 0.25) is 0 Å². The van der Waals surface area contributed by atoms with Gasteiger partial charge in [-0.2, -0.15) is 0 Å². The van der Waals surface area contributed by atoms with E-state index in [1.54, 1.807) is 0 Å². The smallest absolute Gasteiger partial charge is 0.328 e. The van der Waals surface area contributed by atoms with Crippen molar-refractivity contribution in [1.82, 2.24) is 0 Å². The zero-order chi connectivity index (χ0) is 16.9. The molecule has 24 heavy (non-hydrogen) atoms. The van der Waals surface area contributed by atoms with Crippen LogP contribution in [0.4, 0.5) is 0 Å². The molecular weight excluding hydrogens is 300 g/mol. The fraction of sp³-hybridized carbons (Fsp3) is 0.286. The van der Waals surface area contributed by atoms with Crippen molar-refractivity contribution >= 4 is 5.97 Å². The van der Waals surface area contributed by atoms with Crippen LogP contribution in [0.5, 0.6) is 0 Å². The first-order valence-electron chi connectivity index (χ1n) is 8.41. The van der Waals surface area contributed by atoms with Gasteiger partial charge in [-0.3, -0.25) is 0 Å². The highest BCUT2D eigenvalue weighted by Gasteiger charge is 2.23. The number of fused-ring (bicyclic) bond motifs is 1. The van der Waals surface area contributed by atoms with Crippen LogP contribution >= 0.6 is 0 Å². The van der Waals surface area contributed by atoms with E-state index in [-0.39, 0.29) is 0 Å². The fourth-order valence-corrected chi connectivity index (χ4v) is 3.49. The number of rotatable bonds is 4. The van der Waals surface area contributed by atoms with Gasteiger partial charge in [0.2, 0.25) is 0 Å². The number of aliphatic hydroxyl groups is 1. The van der Waals surface area contributed by atoms with Gasteiger partial charge in [-0.25, -0.2) is 4.79 Å². The second-order valence-electron chi connectivity index (χ2n) is 6.28. The van der Waals surface area contributed by atoms with Gasteiger partial charge in [-0.05, 0) is 59.9 Å². The largest absolute Gasteiger partial charge is 0.478 e. The molecule has 0 heterocycles. The molecule has 0 saturated carbocycles. The van der Waals surface area contributed by atoms with Crippen molar-refractivity contribution in [2.75, 3.05) is 0 Å². The number of benzene rings is 2. The monoisotopic (exact) mass is 322 g/mol. The summed E-state index contributed by atoms with van der Waals surface area (Å²) >= 11 is 0. The maximum Gasteiger partial charge on any atom is 0.328 e. The Kier molecular flexibility index (Phi) is 5.11. The molecule has 1 atom stereocenters. The summed E-state index contributed by atoms with van der Waals surface area (Å²) in [5, 5.41) is 19.6. The van der Waals surface area contributed by atoms with Gasteiger partial charge in [0.1, 0.15) is 6.10 Å². The molecule has 0 aromatic heterocycles. The Labute approximate surface area is 142 Å². The highest BCUT2D eigenvalue weighted by atomic mass is 16.4. The minimum atomic E-state index is -0.993. The first-order chi connectivity index (χ1) is 11.6. The molecule has 3 heteroatoms. The minimum Gasteiger partial charge on any atom is -0.478 e. The zero-order valence-electron chi connectivity index (χ0n) is 13.6. The van der Waals surface area contributed by atoms with E-state index in [1.807, 2.05) is 30.3 Å². The van der Waals surface area contributed by atoms with E-state index < -0.39 is 12.1 Å². The number of aliphatic carboxylic acids is 1. The predicted octanol–water partition coefficient (Wildman–Crippen LogP) is 3.85. The Morgan fingerprint density at radius 1 is 1.04 bits per heavy atom. The van der Waals surface area contributed by atoms with Crippen LogP contribution in [0.1, 0.15) is 41.2 Å². The van der Waals surface area contributed by atoms with Gasteiger partial charge in [-0.1, -0.05) is 48.5 Å². The Morgan fingerprint density at radius 3 is 2.58 bits per heavy atom. The summed E-state index contributed by atoms with van der Waals surface area (Å²) in [6.45, 7) is 0. The summed E-state index contributed by atoms with van der Waals surface area (Å²) in [5.41, 5.74) is 5.21. The summed E-state index contributed by atoms with van der Waals surface area (Å²) < 4.78 is 0. The van der Waals surface area contributed by atoms with E-state index in [1.165, 1.54) is 16.7 Å². The van der Waals surface area contributed by atoms with Crippen LogP contribution in [-0.4, -0.2) is 16.2 Å². The van der Waals surface area contributed by atoms with Gasteiger partial charge in [0.25, 0.3) is 0 Å². The predicted molar refractivity (Wildman–Crippen MR) is 93.9 cm³/mol. The quantitative estimate of drug-likeness (QED) is 0.664. The standard InChI is InChI=1S/C21H22O3/c22-20(23)14-17-9-5-10-18-16(8-4-11-19(18)21(17)24)13-12-15-6-2-1-3-7-15/h1-4,6-8,11,14,21,24H,5,9-10,12-13H2,(H,22,23)/b17-14+. The molecule has 2 N–H and O–H groups in total. The van der Waals surface area contributed by atoms with Gasteiger partial charge >= 0.3 is 5.97 Å². The molecule has 1 aliphatic rings. The third-order valence-corrected chi connectivity index (χ3v) is 4.68. The number of carboxylic acid groups (broad SMARTS) is 1. The highest BCUT2D eigenvalue weighted by Crippen LogP contribution is 2.34. The van der Waals surface area contributed by atoms with Crippen molar-refractivity contribution in [2.45, 2.75) is 38.2 Å². The first-order valence-corrected chi connectivity index (χ1v) is 8.41. The molecule has 1 unspecified atom stereocenters. The lowest BCUT2D eigenvalue weighted by Crippen LogP contribution is -2.06. The number of hydrogen-bond donors (Lipinski definition) is 2. The van der Waals surface area contributed by atoms with Gasteiger partial charge in [-0.15, -0.1) is 0 Å². The maximum absolute atomic E-state index is 11.0. The third-order valence-electron chi connectivity index (χ3n) is 4.68. The van der Waals surface area contributed by atoms with Crippen LogP contribution in [0, 0.1) is 0 Å². The number of carbonyl (C=O) groups is 1. The normalized spacial score (nSPS) is 18.9. The second-order valence-corrected chi connectivity index (χ2v) is 6.28. The van der Waals surface area contributed by atoms with Crippen molar-refractivity contribution in [3.05, 3.63) is 82.4 Å². The second kappa shape index (κ2) is 7.45. The van der Waals surface area contributed by atoms with Crippen LogP contribution in [-0.2, 0) is 24.1 Å². The summed E-state index contributed by atoms with van der Waals surface area (Å²) in [6, 6.07) is 16.4. The average molecular weight is 322 g/mol. The van der Waals surface area contributed by atoms with E-state index in [9.17, 15) is 9.90 Å². The molecule has 0 bridgehead atoms. The Balaban J connectivity index is 1.87. The molecule has 0 saturated heterocycles. The molecule has 124 valence electrons. The minimum absolute atomic E-state index is 0.599. The van der Waals surface area contributed by atoms with E-state index >= 15 is 0 Å². The summed E-state index contributed by atoms with van der Waals surface area (Å²) in [6.07, 6.45) is 4.62. The van der Waals surface area contributed by atoms with Gasteiger partial charge in [0, 0.05) is 6.08 Å². The Morgan fingerprint density at radius 2 is 1.83 bits per heavy atom. The lowest BCUT2D eigenvalue weighted by Gasteiger charge is -2.17. The Bertz CT molecular complexity index is 747. The van der Waals surface area contributed by atoms with Gasteiger partial charge in [0.05, 0.1) is 0 Å². The van der Waals surface area contributed by atoms with Crippen LogP contribution < -0.4 is 0 Å². The summed E-state index contributed by atoms with van der Waals surface area (Å²) in [4.78, 5) is 11.0. The molecule has 2 aromatic rings. The first kappa shape index (κ1) is 16.5. The van der Waals surface area contributed by atoms with Crippen molar-refractivity contribution in [2.24, 2.45) is 0 Å². The molecule has 0 amide bonds. The molecule has 0 spiro atoms. The molecule has 1 aliphatic carbocycles. The van der Waals surface area contributed by atoms with Crippen LogP contribution in [0.3, 0.4) is 0 Å². The topological polar surface area (TPSA) is 57.5 Å². The van der Waals surface area contributed by atoms with Gasteiger partial charge < -0.3 is 10.2 Å². The molecule has 0 radical (unpaired) electrons. The molecule has 0 aliphatic heterocycles. The summed E-state index contributed by atoms with van der Waals surface area (Å²) in [5.74, 6) is -0.993. The number of aliphatic hydroxyl groups excluding tert-OH is 1. The van der Waals surface area contributed by atoms with Crippen LogP contribution in [0.25, 0.3) is 0 Å². The van der Waals surface area contributed by atoms with Crippen molar-refractivity contribution in [3.63, 3.8) is 0 Å². The third kappa shape index (κ3) is 3.74. The van der Waals surface area contributed by atoms with E-state index in [4.69, 9.17) is 5.11 Å². The average Bonchev–Trinajstić information content (AvgIpc) is 2.74. The van der Waals surface area contributed by atoms with E-state index in [0.29, 0.717) is 12.0 Å². The zero-order valence-corrected chi connectivity index (χ0v) is 13.6. The molecular formula is C21H22O3. The maximum atomic E-state index is 11.0. The van der Waals surface area contributed by atoms with E-state index in [2.05, 4.69) is 18.2 Å². The van der Waals surface area contributed by atoms with Gasteiger partial charge in [0.15, 0.2) is 0 Å². The highest BCUT2D eigenvalue weighted by molar-refractivity contribution is 5.81. The molecule has 0 fully saturated rings. The molecule has 3 rings (SSSR count). The summed E-state index contributed by atoms with van der Waals surface area (Å²) in [7, 11) is 0. The lowest BCUT2D eigenvalue weighted by molar-refractivity contribution is -0.131. The Hall–Kier alpha value is -2.39. The SMILES string of the molecule is O=C(O)/C=C1\CCCc2c(CCc3ccccc3)cccc2C1O. The van der Waals surface area contributed by atoms with Crippen molar-refractivity contribution < 1.29 is 15.0 Å². The fourth-order valence-electron chi connectivity index (χ4n) is 3.49. The number of carboxylic acids is 1. The molecule has 3 nitrogen and oxygen atoms in total. The van der Waals surface area contributed by atoms with Crippen LogP contribution in [0.15, 0.2) is 60.2 Å². The molecule has 2 aromatic carbocycles. The van der Waals surface area contributed by atoms with Crippen molar-refractivity contribution in [1.29, 1.82) is 0 Å². The lowest BCUT2D eigenvalue weighted by atomic mass is 9.91. The number of hydrogen-bond acceptors (Lipinski definition) is 2.